The van der Waals surface area contributed by atoms with Gasteiger partial charge in [-0.3, -0.25) is 10.1 Å². The largest absolute Gasteiger partial charge is 0.455 e. The molecular weight excluding hydrogens is 250 g/mol. The average Bonchev–Trinajstić information content (AvgIpc) is 2.87. The molecule has 16 heavy (non-hydrogen) atoms. The molecule has 0 fully saturated rings. The van der Waals surface area contributed by atoms with Crippen LogP contribution in [0.5, 0.6) is 0 Å². The summed E-state index contributed by atoms with van der Waals surface area (Å²) < 4.78 is 5.19. The molecular formula is C9H8ClN3O2S. The Kier molecular flexibility index (Phi) is 3.21. The molecule has 0 saturated carbocycles. The highest BCUT2D eigenvalue weighted by molar-refractivity contribution is 7.15. The van der Waals surface area contributed by atoms with Crippen LogP contribution in [-0.2, 0) is 5.88 Å². The third-order valence-electron chi connectivity index (χ3n) is 1.76. The third kappa shape index (κ3) is 2.40. The second kappa shape index (κ2) is 4.63. The predicted molar refractivity (Wildman–Crippen MR) is 60.9 cm³/mol. The van der Waals surface area contributed by atoms with Gasteiger partial charge in [0.05, 0.1) is 5.88 Å². The van der Waals surface area contributed by atoms with Crippen molar-refractivity contribution < 1.29 is 9.21 Å². The summed E-state index contributed by atoms with van der Waals surface area (Å²) in [6.45, 7) is 1.81. The predicted octanol–water partition coefficient (Wildman–Crippen LogP) is 2.43. The fourth-order valence-electron chi connectivity index (χ4n) is 1.08. The number of alkyl halides is 1. The van der Waals surface area contributed by atoms with Gasteiger partial charge >= 0.3 is 0 Å². The maximum Gasteiger partial charge on any atom is 0.293 e. The first-order valence-electron chi connectivity index (χ1n) is 4.45. The van der Waals surface area contributed by atoms with Crippen LogP contribution in [0, 0.1) is 6.92 Å². The van der Waals surface area contributed by atoms with E-state index in [0.717, 1.165) is 5.01 Å². The second-order valence-electron chi connectivity index (χ2n) is 2.98. The van der Waals surface area contributed by atoms with Crippen molar-refractivity contribution in [3.05, 3.63) is 28.7 Å². The van der Waals surface area contributed by atoms with E-state index in [2.05, 4.69) is 15.5 Å². The molecule has 0 bridgehead atoms. The van der Waals surface area contributed by atoms with Gasteiger partial charge in [-0.15, -0.1) is 21.8 Å². The monoisotopic (exact) mass is 257 g/mol. The molecule has 0 unspecified atom stereocenters. The number of halogens is 1. The van der Waals surface area contributed by atoms with Crippen LogP contribution in [0.2, 0.25) is 0 Å². The van der Waals surface area contributed by atoms with Gasteiger partial charge in [-0.2, -0.15) is 0 Å². The molecule has 2 rings (SSSR count). The first-order chi connectivity index (χ1) is 7.69. The molecule has 7 heteroatoms. The highest BCUT2D eigenvalue weighted by atomic mass is 35.5. The van der Waals surface area contributed by atoms with Crippen molar-refractivity contribution in [1.82, 2.24) is 10.2 Å². The van der Waals surface area contributed by atoms with Crippen LogP contribution in [0.3, 0.4) is 0 Å². The fraction of sp³-hybridized carbons (Fsp3) is 0.222. The number of rotatable bonds is 3. The number of nitrogens with zero attached hydrogens (tertiary/aromatic N) is 2. The Morgan fingerprint density at radius 3 is 2.94 bits per heavy atom. The maximum absolute atomic E-state index is 11.6. The van der Waals surface area contributed by atoms with Gasteiger partial charge in [-0.25, -0.2) is 0 Å². The van der Waals surface area contributed by atoms with E-state index in [-0.39, 0.29) is 17.5 Å². The molecule has 0 aliphatic rings. The van der Waals surface area contributed by atoms with Crippen molar-refractivity contribution in [3.63, 3.8) is 0 Å². The van der Waals surface area contributed by atoms with Crippen molar-refractivity contribution in [3.8, 4) is 0 Å². The third-order valence-corrected chi connectivity index (χ3v) is 2.78. The SMILES string of the molecule is Cc1nnc(NC(=O)c2ccc(CCl)o2)s1. The van der Waals surface area contributed by atoms with E-state index in [1.165, 1.54) is 11.3 Å². The van der Waals surface area contributed by atoms with Crippen LogP contribution in [0.1, 0.15) is 21.3 Å². The topological polar surface area (TPSA) is 68.0 Å². The molecule has 0 aliphatic carbocycles. The maximum atomic E-state index is 11.6. The number of anilines is 1. The number of carbonyl (C=O) groups excluding carboxylic acids is 1. The van der Waals surface area contributed by atoms with E-state index in [4.69, 9.17) is 16.0 Å². The van der Waals surface area contributed by atoms with Crippen LogP contribution in [-0.4, -0.2) is 16.1 Å². The molecule has 0 atom stereocenters. The molecule has 2 aromatic heterocycles. The van der Waals surface area contributed by atoms with Gasteiger partial charge in [0, 0.05) is 0 Å². The molecule has 2 heterocycles. The first-order valence-corrected chi connectivity index (χ1v) is 5.80. The van der Waals surface area contributed by atoms with Crippen LogP contribution in [0.4, 0.5) is 5.13 Å². The Labute approximate surface area is 100 Å². The van der Waals surface area contributed by atoms with Crippen molar-refractivity contribution in [2.75, 3.05) is 5.32 Å². The van der Waals surface area contributed by atoms with Crippen LogP contribution >= 0.6 is 22.9 Å². The molecule has 0 radical (unpaired) electrons. The van der Waals surface area contributed by atoms with E-state index in [0.29, 0.717) is 10.9 Å². The summed E-state index contributed by atoms with van der Waals surface area (Å²) in [5.41, 5.74) is 0. The standard InChI is InChI=1S/C9H8ClN3O2S/c1-5-12-13-9(16-5)11-8(14)7-3-2-6(4-10)15-7/h2-3H,4H2,1H3,(H,11,13,14). The van der Waals surface area contributed by atoms with Gasteiger partial charge in [0.2, 0.25) is 5.13 Å². The molecule has 0 spiro atoms. The van der Waals surface area contributed by atoms with Gasteiger partial charge in [0.1, 0.15) is 10.8 Å². The zero-order valence-corrected chi connectivity index (χ0v) is 9.93. The number of hydrogen-bond acceptors (Lipinski definition) is 5. The first kappa shape index (κ1) is 11.1. The lowest BCUT2D eigenvalue weighted by molar-refractivity contribution is 0.0995. The quantitative estimate of drug-likeness (QED) is 0.858. The number of hydrogen-bond donors (Lipinski definition) is 1. The highest BCUT2D eigenvalue weighted by Gasteiger charge is 2.12. The molecule has 0 aromatic carbocycles. The lowest BCUT2D eigenvalue weighted by Crippen LogP contribution is -2.10. The second-order valence-corrected chi connectivity index (χ2v) is 4.43. The molecule has 1 N–H and O–H groups in total. The van der Waals surface area contributed by atoms with Crippen LogP contribution < -0.4 is 5.32 Å². The number of furan rings is 1. The van der Waals surface area contributed by atoms with Crippen molar-refractivity contribution in [1.29, 1.82) is 0 Å². The van der Waals surface area contributed by atoms with Gasteiger partial charge in [0.15, 0.2) is 5.76 Å². The summed E-state index contributed by atoms with van der Waals surface area (Å²) in [4.78, 5) is 11.6. The molecule has 0 aliphatic heterocycles. The van der Waals surface area contributed by atoms with Gasteiger partial charge in [-0.05, 0) is 19.1 Å². The summed E-state index contributed by atoms with van der Waals surface area (Å²) >= 11 is 6.86. The summed E-state index contributed by atoms with van der Waals surface area (Å²) in [5.74, 6) is 0.654. The number of amides is 1. The average molecular weight is 258 g/mol. The Morgan fingerprint density at radius 1 is 1.56 bits per heavy atom. The van der Waals surface area contributed by atoms with Crippen LogP contribution in [0.25, 0.3) is 0 Å². The van der Waals surface area contributed by atoms with E-state index in [1.807, 2.05) is 6.92 Å². The highest BCUT2D eigenvalue weighted by Crippen LogP contribution is 2.16. The Hall–Kier alpha value is -1.40. The van der Waals surface area contributed by atoms with Crippen molar-refractivity contribution in [2.45, 2.75) is 12.8 Å². The van der Waals surface area contributed by atoms with Gasteiger partial charge in [-0.1, -0.05) is 11.3 Å². The summed E-state index contributed by atoms with van der Waals surface area (Å²) in [7, 11) is 0. The smallest absolute Gasteiger partial charge is 0.293 e. The number of aromatic nitrogens is 2. The lowest BCUT2D eigenvalue weighted by Gasteiger charge is -1.96. The molecule has 84 valence electrons. The van der Waals surface area contributed by atoms with Crippen LogP contribution in [0.15, 0.2) is 16.5 Å². The van der Waals surface area contributed by atoms with E-state index in [1.54, 1.807) is 12.1 Å². The Bertz CT molecular complexity index is 508. The number of nitrogens with one attached hydrogen (secondary N) is 1. The van der Waals surface area contributed by atoms with Crippen molar-refractivity contribution >= 4 is 34.0 Å². The summed E-state index contributed by atoms with van der Waals surface area (Å²) in [6, 6.07) is 3.23. The normalized spacial score (nSPS) is 10.4. The Balaban J connectivity index is 2.08. The zero-order valence-electron chi connectivity index (χ0n) is 8.36. The molecule has 2 aromatic rings. The summed E-state index contributed by atoms with van der Waals surface area (Å²) in [6.07, 6.45) is 0. The number of carbonyl (C=O) groups is 1. The minimum absolute atomic E-state index is 0.212. The number of aryl methyl sites for hydroxylation is 1. The van der Waals surface area contributed by atoms with E-state index in [9.17, 15) is 4.79 Å². The van der Waals surface area contributed by atoms with Gasteiger partial charge < -0.3 is 4.42 Å². The minimum Gasteiger partial charge on any atom is -0.455 e. The summed E-state index contributed by atoms with van der Waals surface area (Å²) in [5, 5.41) is 11.4. The lowest BCUT2D eigenvalue weighted by atomic mass is 10.4. The molecule has 1 amide bonds. The molecule has 0 saturated heterocycles. The molecule has 5 nitrogen and oxygen atoms in total. The van der Waals surface area contributed by atoms with E-state index >= 15 is 0 Å². The van der Waals surface area contributed by atoms with Gasteiger partial charge in [0.25, 0.3) is 5.91 Å². The minimum atomic E-state index is -0.354. The van der Waals surface area contributed by atoms with Crippen molar-refractivity contribution in [2.24, 2.45) is 0 Å². The fourth-order valence-corrected chi connectivity index (χ4v) is 1.81. The van der Waals surface area contributed by atoms with E-state index < -0.39 is 0 Å². The Morgan fingerprint density at radius 2 is 2.38 bits per heavy atom. The zero-order chi connectivity index (χ0) is 11.5.